The molecule has 0 fully saturated rings. The zero-order valence-electron chi connectivity index (χ0n) is 15.7. The van der Waals surface area contributed by atoms with Gasteiger partial charge in [-0.15, -0.1) is 0 Å². The van der Waals surface area contributed by atoms with Crippen LogP contribution in [0.25, 0.3) is 0 Å². The van der Waals surface area contributed by atoms with Crippen molar-refractivity contribution in [1.29, 1.82) is 0 Å². The van der Waals surface area contributed by atoms with Gasteiger partial charge < -0.3 is 9.47 Å². The van der Waals surface area contributed by atoms with Crippen LogP contribution in [0.2, 0.25) is 0 Å². The third-order valence-corrected chi connectivity index (χ3v) is 5.46. The van der Waals surface area contributed by atoms with Crippen molar-refractivity contribution in [2.24, 2.45) is 0 Å². The van der Waals surface area contributed by atoms with Crippen LogP contribution in [0.3, 0.4) is 0 Å². The van der Waals surface area contributed by atoms with Gasteiger partial charge in [0.15, 0.2) is 11.5 Å². The Labute approximate surface area is 166 Å². The monoisotopic (exact) mass is 397 g/mol. The fraction of sp³-hybridized carbons (Fsp3) is 0.182. The maximum Gasteiger partial charge on any atom is 0.216 e. The summed E-state index contributed by atoms with van der Waals surface area (Å²) in [7, 11) is -1.87. The Hall–Kier alpha value is -2.83. The molecule has 0 saturated carbocycles. The van der Waals surface area contributed by atoms with Crippen LogP contribution in [0.5, 0.6) is 11.5 Å². The molecule has 0 aliphatic carbocycles. The molecule has 0 unspecified atom stereocenters. The molecule has 0 radical (unpaired) electrons. The quantitative estimate of drug-likeness (QED) is 0.595. The summed E-state index contributed by atoms with van der Waals surface area (Å²) in [6.07, 6.45) is 0. The standard InChI is InChI=1S/C22H23NO4S/c1-26-22-14-20(12-13-21(22)27-16-18-8-4-2-5-9-18)15-23-28(24,25)17-19-10-6-3-7-11-19/h2-14,23H,15-17H2,1H3. The number of hydrogen-bond donors (Lipinski definition) is 1. The van der Waals surface area contributed by atoms with E-state index in [0.717, 1.165) is 16.7 Å². The first-order chi connectivity index (χ1) is 13.6. The summed E-state index contributed by atoms with van der Waals surface area (Å²) in [4.78, 5) is 0. The van der Waals surface area contributed by atoms with Crippen LogP contribution in [0.15, 0.2) is 78.9 Å². The molecule has 0 aliphatic rings. The molecule has 5 nitrogen and oxygen atoms in total. The minimum absolute atomic E-state index is 0.0523. The summed E-state index contributed by atoms with van der Waals surface area (Å²) in [5, 5.41) is 0. The topological polar surface area (TPSA) is 64.6 Å². The molecule has 0 spiro atoms. The molecule has 0 heterocycles. The second-order valence-corrected chi connectivity index (χ2v) is 8.13. The number of methoxy groups -OCH3 is 1. The van der Waals surface area contributed by atoms with Crippen LogP contribution in [-0.2, 0) is 28.9 Å². The predicted molar refractivity (Wildman–Crippen MR) is 110 cm³/mol. The molecule has 28 heavy (non-hydrogen) atoms. The van der Waals surface area contributed by atoms with Crippen LogP contribution in [0.1, 0.15) is 16.7 Å². The summed E-state index contributed by atoms with van der Waals surface area (Å²) in [5.74, 6) is 1.13. The summed E-state index contributed by atoms with van der Waals surface area (Å²) in [6.45, 7) is 0.616. The molecule has 3 rings (SSSR count). The van der Waals surface area contributed by atoms with Gasteiger partial charge in [-0.1, -0.05) is 66.7 Å². The summed E-state index contributed by atoms with van der Waals surface area (Å²) >= 11 is 0. The highest BCUT2D eigenvalue weighted by molar-refractivity contribution is 7.88. The smallest absolute Gasteiger partial charge is 0.216 e. The SMILES string of the molecule is COc1cc(CNS(=O)(=O)Cc2ccccc2)ccc1OCc1ccccc1. The highest BCUT2D eigenvalue weighted by Crippen LogP contribution is 2.29. The molecule has 3 aromatic rings. The van der Waals surface area contributed by atoms with Crippen LogP contribution in [0.4, 0.5) is 0 Å². The molecule has 0 aromatic heterocycles. The van der Waals surface area contributed by atoms with Gasteiger partial charge in [-0.3, -0.25) is 0 Å². The first-order valence-electron chi connectivity index (χ1n) is 8.90. The van der Waals surface area contributed by atoms with E-state index >= 15 is 0 Å². The number of ether oxygens (including phenoxy) is 2. The lowest BCUT2D eigenvalue weighted by Gasteiger charge is -2.13. The fourth-order valence-corrected chi connectivity index (χ4v) is 3.83. The van der Waals surface area contributed by atoms with Crippen molar-refractivity contribution in [2.75, 3.05) is 7.11 Å². The molecule has 6 heteroatoms. The van der Waals surface area contributed by atoms with Gasteiger partial charge in [-0.05, 0) is 28.8 Å². The number of nitrogens with one attached hydrogen (secondary N) is 1. The second kappa shape index (κ2) is 9.39. The lowest BCUT2D eigenvalue weighted by Crippen LogP contribution is -2.24. The molecule has 0 bridgehead atoms. The van der Waals surface area contributed by atoms with Crippen molar-refractivity contribution in [1.82, 2.24) is 4.72 Å². The summed E-state index contributed by atoms with van der Waals surface area (Å²) < 4.78 is 38.4. The van der Waals surface area contributed by atoms with Crippen LogP contribution in [0, 0.1) is 0 Å². The highest BCUT2D eigenvalue weighted by Gasteiger charge is 2.12. The number of hydrogen-bond acceptors (Lipinski definition) is 4. The van der Waals surface area contributed by atoms with E-state index < -0.39 is 10.0 Å². The van der Waals surface area contributed by atoms with Crippen LogP contribution < -0.4 is 14.2 Å². The van der Waals surface area contributed by atoms with E-state index in [1.54, 1.807) is 31.4 Å². The molecule has 0 saturated heterocycles. The maximum atomic E-state index is 12.3. The minimum atomic E-state index is -3.43. The van der Waals surface area contributed by atoms with Crippen molar-refractivity contribution in [3.63, 3.8) is 0 Å². The van der Waals surface area contributed by atoms with E-state index in [1.165, 1.54) is 0 Å². The lowest BCUT2D eigenvalue weighted by atomic mass is 10.2. The molecule has 0 aliphatic heterocycles. The van der Waals surface area contributed by atoms with Gasteiger partial charge in [-0.25, -0.2) is 13.1 Å². The molecular formula is C22H23NO4S. The highest BCUT2D eigenvalue weighted by atomic mass is 32.2. The second-order valence-electron chi connectivity index (χ2n) is 6.33. The number of rotatable bonds is 9. The van der Waals surface area contributed by atoms with Gasteiger partial charge in [0.1, 0.15) is 6.61 Å². The van der Waals surface area contributed by atoms with Crippen molar-refractivity contribution in [3.8, 4) is 11.5 Å². The molecule has 1 N–H and O–H groups in total. The van der Waals surface area contributed by atoms with E-state index in [1.807, 2.05) is 54.6 Å². The first kappa shape index (κ1) is 19.9. The zero-order valence-corrected chi connectivity index (χ0v) is 16.5. The Balaban J connectivity index is 1.61. The summed E-state index contributed by atoms with van der Waals surface area (Å²) in [6, 6.07) is 24.3. The number of sulfonamides is 1. The van der Waals surface area contributed by atoms with Crippen molar-refractivity contribution in [3.05, 3.63) is 95.6 Å². The Morgan fingerprint density at radius 3 is 2.07 bits per heavy atom. The van der Waals surface area contributed by atoms with Crippen LogP contribution >= 0.6 is 0 Å². The largest absolute Gasteiger partial charge is 0.493 e. The Morgan fingerprint density at radius 2 is 1.43 bits per heavy atom. The van der Waals surface area contributed by atoms with Crippen molar-refractivity contribution < 1.29 is 17.9 Å². The van der Waals surface area contributed by atoms with Gasteiger partial charge >= 0.3 is 0 Å². The number of benzene rings is 3. The maximum absolute atomic E-state index is 12.3. The van der Waals surface area contributed by atoms with Crippen molar-refractivity contribution >= 4 is 10.0 Å². The van der Waals surface area contributed by atoms with Crippen molar-refractivity contribution in [2.45, 2.75) is 18.9 Å². The lowest BCUT2D eigenvalue weighted by molar-refractivity contribution is 0.284. The van der Waals surface area contributed by atoms with Gasteiger partial charge in [0, 0.05) is 6.54 Å². The van der Waals surface area contributed by atoms with Gasteiger partial charge in [0.05, 0.1) is 12.9 Å². The molecule has 146 valence electrons. The Bertz CT molecular complexity index is 990. The fourth-order valence-electron chi connectivity index (χ4n) is 2.71. The van der Waals surface area contributed by atoms with Gasteiger partial charge in [0.25, 0.3) is 0 Å². The normalized spacial score (nSPS) is 11.2. The Morgan fingerprint density at radius 1 is 0.786 bits per heavy atom. The minimum Gasteiger partial charge on any atom is -0.493 e. The third-order valence-electron chi connectivity index (χ3n) is 4.16. The first-order valence-corrected chi connectivity index (χ1v) is 10.6. The van der Waals surface area contributed by atoms with E-state index in [0.29, 0.717) is 18.1 Å². The Kier molecular flexibility index (Phi) is 6.68. The van der Waals surface area contributed by atoms with Gasteiger partial charge in [0.2, 0.25) is 10.0 Å². The summed E-state index contributed by atoms with van der Waals surface area (Å²) in [5.41, 5.74) is 2.60. The van der Waals surface area contributed by atoms with E-state index in [2.05, 4.69) is 4.72 Å². The van der Waals surface area contributed by atoms with Gasteiger partial charge in [-0.2, -0.15) is 0 Å². The van der Waals surface area contributed by atoms with E-state index in [-0.39, 0.29) is 12.3 Å². The molecule has 0 amide bonds. The zero-order chi connectivity index (χ0) is 19.8. The van der Waals surface area contributed by atoms with E-state index in [4.69, 9.17) is 9.47 Å². The third kappa shape index (κ3) is 5.84. The predicted octanol–water partition coefficient (Wildman–Crippen LogP) is 3.89. The molecule has 3 aromatic carbocycles. The average molecular weight is 397 g/mol. The molecule has 0 atom stereocenters. The average Bonchev–Trinajstić information content (AvgIpc) is 2.72. The molecular weight excluding hydrogens is 374 g/mol. The van der Waals surface area contributed by atoms with E-state index in [9.17, 15) is 8.42 Å². The van der Waals surface area contributed by atoms with Crippen LogP contribution in [-0.4, -0.2) is 15.5 Å².